The van der Waals surface area contributed by atoms with Crippen LogP contribution >= 0.6 is 0 Å². The molecule has 0 amide bonds. The smallest absolute Gasteiger partial charge is 0.212 e. The van der Waals surface area contributed by atoms with Crippen molar-refractivity contribution in [3.05, 3.63) is 95.1 Å². The lowest BCUT2D eigenvalue weighted by atomic mass is 9.87. The highest BCUT2D eigenvalue weighted by atomic mass is 32.2. The summed E-state index contributed by atoms with van der Waals surface area (Å²) in [7, 11) is -0.374. The van der Waals surface area contributed by atoms with Crippen LogP contribution in [0.4, 0.5) is 0 Å². The molecular formula is C29H32NOS+. The highest BCUT2D eigenvalue weighted by molar-refractivity contribution is 7.97. The topological polar surface area (TPSA) is 40.9 Å². The maximum Gasteiger partial charge on any atom is 0.212 e. The van der Waals surface area contributed by atoms with E-state index in [4.69, 9.17) is 5.26 Å². The Morgan fingerprint density at radius 3 is 1.47 bits per heavy atom. The van der Waals surface area contributed by atoms with Gasteiger partial charge in [0.25, 0.3) is 0 Å². The zero-order chi connectivity index (χ0) is 23.5. The molecule has 3 aromatic carbocycles. The average Bonchev–Trinajstić information content (AvgIpc) is 2.76. The second-order valence-corrected chi connectivity index (χ2v) is 12.2. The van der Waals surface area contributed by atoms with Crippen LogP contribution in [0.25, 0.3) is 0 Å². The number of hydrogen-bond acceptors (Lipinski definition) is 2. The van der Waals surface area contributed by atoms with Gasteiger partial charge in [0.15, 0.2) is 15.5 Å². The van der Waals surface area contributed by atoms with Gasteiger partial charge < -0.3 is 0 Å². The molecule has 3 aromatic rings. The molecule has 0 bridgehead atoms. The zero-order valence-electron chi connectivity index (χ0n) is 19.9. The third-order valence-corrected chi connectivity index (χ3v) is 7.85. The molecule has 0 fully saturated rings. The average molecular weight is 443 g/mol. The minimum atomic E-state index is -0.374. The first-order chi connectivity index (χ1) is 15.0. The summed E-state index contributed by atoms with van der Waals surface area (Å²) in [5, 5.41) is 9.04. The number of carbonyl (C=O) groups is 1. The van der Waals surface area contributed by atoms with Gasteiger partial charge in [-0.25, -0.2) is 0 Å². The van der Waals surface area contributed by atoms with Crippen LogP contribution in [-0.2, 0) is 21.7 Å². The fraction of sp³-hybridized carbons (Fsp3) is 0.310. The number of Topliss-reactive ketones (excluding diaryl/α,β-unsaturated/α-hetero) is 1. The molecule has 0 saturated carbocycles. The Bertz CT molecular complexity index is 1050. The Morgan fingerprint density at radius 1 is 0.719 bits per heavy atom. The van der Waals surface area contributed by atoms with Gasteiger partial charge >= 0.3 is 0 Å². The lowest BCUT2D eigenvalue weighted by Crippen LogP contribution is -2.19. The van der Waals surface area contributed by atoms with E-state index >= 15 is 0 Å². The molecule has 32 heavy (non-hydrogen) atoms. The highest BCUT2D eigenvalue weighted by Crippen LogP contribution is 2.30. The van der Waals surface area contributed by atoms with E-state index in [0.717, 1.165) is 0 Å². The lowest BCUT2D eigenvalue weighted by molar-refractivity contribution is 0.102. The summed E-state index contributed by atoms with van der Waals surface area (Å²) in [6.07, 6.45) is 0. The van der Waals surface area contributed by atoms with Gasteiger partial charge in [0.1, 0.15) is 0 Å². The second kappa shape index (κ2) is 9.35. The van der Waals surface area contributed by atoms with Gasteiger partial charge in [-0.3, -0.25) is 4.79 Å². The molecule has 0 aliphatic rings. The van der Waals surface area contributed by atoms with Gasteiger partial charge in [0.05, 0.1) is 22.5 Å². The van der Waals surface area contributed by atoms with E-state index in [1.165, 1.54) is 20.9 Å². The quantitative estimate of drug-likeness (QED) is 0.313. The maximum atomic E-state index is 13.2. The van der Waals surface area contributed by atoms with E-state index in [2.05, 4.69) is 96.1 Å². The lowest BCUT2D eigenvalue weighted by Gasteiger charge is -2.20. The Morgan fingerprint density at radius 2 is 1.12 bits per heavy atom. The van der Waals surface area contributed by atoms with Gasteiger partial charge in [-0.15, -0.1) is 0 Å². The molecule has 0 aliphatic heterocycles. The van der Waals surface area contributed by atoms with Crippen molar-refractivity contribution in [1.29, 1.82) is 5.26 Å². The molecule has 0 heterocycles. The molecule has 0 saturated heterocycles. The van der Waals surface area contributed by atoms with Gasteiger partial charge in [-0.2, -0.15) is 5.26 Å². The molecule has 0 N–H and O–H groups in total. The van der Waals surface area contributed by atoms with Crippen LogP contribution in [-0.4, -0.2) is 11.5 Å². The summed E-state index contributed by atoms with van der Waals surface area (Å²) >= 11 is 0. The monoisotopic (exact) mass is 442 g/mol. The fourth-order valence-electron chi connectivity index (χ4n) is 3.49. The van der Waals surface area contributed by atoms with Crippen LogP contribution in [0.1, 0.15) is 68.6 Å². The summed E-state index contributed by atoms with van der Waals surface area (Å²) in [6.45, 7) is 13.3. The molecule has 0 aliphatic carbocycles. The van der Waals surface area contributed by atoms with Crippen molar-refractivity contribution in [2.45, 2.75) is 62.2 Å². The summed E-state index contributed by atoms with van der Waals surface area (Å²) in [6, 6.07) is 26.5. The number of hydrogen-bond donors (Lipinski definition) is 0. The third kappa shape index (κ3) is 5.69. The van der Waals surface area contributed by atoms with Gasteiger partial charge in [0.2, 0.25) is 5.78 Å². The van der Waals surface area contributed by atoms with Crippen LogP contribution in [0.5, 0.6) is 0 Å². The molecule has 0 spiro atoms. The molecule has 3 rings (SSSR count). The van der Waals surface area contributed by atoms with Crippen LogP contribution in [0.15, 0.2) is 82.6 Å². The Hall–Kier alpha value is -2.83. The maximum absolute atomic E-state index is 13.2. The van der Waals surface area contributed by atoms with Crippen LogP contribution in [0.2, 0.25) is 0 Å². The summed E-state index contributed by atoms with van der Waals surface area (Å²) in [5.41, 5.74) is 3.96. The Balaban J connectivity index is 1.97. The third-order valence-electron chi connectivity index (χ3n) is 5.62. The SMILES string of the molecule is CC(C)(C)c1ccc([S+](CC(=O)c2ccc(C#N)cc2)c2ccc(C(C)(C)C)cc2)cc1. The summed E-state index contributed by atoms with van der Waals surface area (Å²) in [4.78, 5) is 15.5. The number of rotatable bonds is 5. The highest BCUT2D eigenvalue weighted by Gasteiger charge is 2.30. The minimum Gasteiger partial charge on any atom is -0.289 e. The largest absolute Gasteiger partial charge is 0.289 e. The predicted molar refractivity (Wildman–Crippen MR) is 135 cm³/mol. The Kier molecular flexibility index (Phi) is 6.96. The van der Waals surface area contributed by atoms with Gasteiger partial charge in [-0.1, -0.05) is 65.8 Å². The van der Waals surface area contributed by atoms with Crippen molar-refractivity contribution in [1.82, 2.24) is 0 Å². The second-order valence-electron chi connectivity index (χ2n) is 10.2. The Labute approximate surface area is 195 Å². The molecule has 164 valence electrons. The van der Waals surface area contributed by atoms with E-state index in [0.29, 0.717) is 16.9 Å². The standard InChI is InChI=1S/C29H32NOS/c1-28(2,3)23-11-15-25(16-12-23)32(26-17-13-24(14-18-26)29(4,5)6)20-27(31)22-9-7-21(19-30)8-10-22/h7-18H,20H2,1-6H3/q+1. The molecule has 0 unspecified atom stereocenters. The first-order valence-corrected chi connectivity index (χ1v) is 12.3. The molecule has 0 radical (unpaired) electrons. The molecular weight excluding hydrogens is 410 g/mol. The van der Waals surface area contributed by atoms with Crippen LogP contribution < -0.4 is 0 Å². The zero-order valence-corrected chi connectivity index (χ0v) is 20.7. The number of ketones is 1. The van der Waals surface area contributed by atoms with Crippen molar-refractivity contribution in [2.75, 3.05) is 5.75 Å². The number of carbonyl (C=O) groups excluding carboxylic acids is 1. The summed E-state index contributed by atoms with van der Waals surface area (Å²) in [5.74, 6) is 0.507. The van der Waals surface area contributed by atoms with Crippen molar-refractivity contribution >= 4 is 16.7 Å². The van der Waals surface area contributed by atoms with Crippen molar-refractivity contribution < 1.29 is 4.79 Å². The first-order valence-electron chi connectivity index (χ1n) is 10.9. The van der Waals surface area contributed by atoms with Crippen molar-refractivity contribution in [2.24, 2.45) is 0 Å². The number of nitrogens with zero attached hydrogens (tertiary/aromatic N) is 1. The molecule has 0 atom stereocenters. The molecule has 3 heteroatoms. The van der Waals surface area contributed by atoms with Gasteiger partial charge in [-0.05, 0) is 70.5 Å². The normalized spacial score (nSPS) is 11.9. The van der Waals surface area contributed by atoms with E-state index in [9.17, 15) is 4.79 Å². The molecule has 2 nitrogen and oxygen atoms in total. The van der Waals surface area contributed by atoms with E-state index in [1.807, 2.05) is 0 Å². The summed E-state index contributed by atoms with van der Waals surface area (Å²) < 4.78 is 0. The molecule has 0 aromatic heterocycles. The number of benzene rings is 3. The first kappa shape index (κ1) is 23.8. The predicted octanol–water partition coefficient (Wildman–Crippen LogP) is 7.07. The van der Waals surface area contributed by atoms with Crippen molar-refractivity contribution in [3.8, 4) is 6.07 Å². The van der Waals surface area contributed by atoms with Gasteiger partial charge in [0, 0.05) is 5.56 Å². The minimum absolute atomic E-state index is 0.0871. The van der Waals surface area contributed by atoms with Crippen molar-refractivity contribution in [3.63, 3.8) is 0 Å². The van der Waals surface area contributed by atoms with Crippen LogP contribution in [0.3, 0.4) is 0 Å². The number of nitriles is 1. The van der Waals surface area contributed by atoms with E-state index in [1.54, 1.807) is 24.3 Å². The van der Waals surface area contributed by atoms with Crippen LogP contribution in [0, 0.1) is 11.3 Å². The van der Waals surface area contributed by atoms with E-state index in [-0.39, 0.29) is 27.5 Å². The fourth-order valence-corrected chi connectivity index (χ4v) is 5.45. The van der Waals surface area contributed by atoms with E-state index < -0.39 is 0 Å².